The summed E-state index contributed by atoms with van der Waals surface area (Å²) >= 11 is 0. The molecule has 1 rings (SSSR count). The molecule has 0 aliphatic carbocycles. The number of rotatable bonds is 2. The van der Waals surface area contributed by atoms with E-state index in [9.17, 15) is 10.0 Å². The van der Waals surface area contributed by atoms with Crippen molar-refractivity contribution in [1.29, 1.82) is 5.26 Å². The summed E-state index contributed by atoms with van der Waals surface area (Å²) in [6.45, 7) is 6.21. The SMILES string of the molecule is CC(C)(C)Cc1cc(C#N)ccc1B(O)O. The predicted octanol–water partition coefficient (Wildman–Crippen LogP) is 0.827. The molecule has 0 heterocycles. The highest BCUT2D eigenvalue weighted by atomic mass is 16.4. The maximum Gasteiger partial charge on any atom is 0.488 e. The van der Waals surface area contributed by atoms with Crippen LogP contribution in [-0.2, 0) is 6.42 Å². The molecule has 0 spiro atoms. The van der Waals surface area contributed by atoms with Crippen LogP contribution >= 0.6 is 0 Å². The molecule has 0 saturated heterocycles. The summed E-state index contributed by atoms with van der Waals surface area (Å²) in [6.07, 6.45) is 0.704. The van der Waals surface area contributed by atoms with Crippen LogP contribution in [0.5, 0.6) is 0 Å². The quantitative estimate of drug-likeness (QED) is 0.721. The number of nitriles is 1. The number of benzene rings is 1. The van der Waals surface area contributed by atoms with Gasteiger partial charge in [0.2, 0.25) is 0 Å². The number of nitrogens with zero attached hydrogens (tertiary/aromatic N) is 1. The van der Waals surface area contributed by atoms with Crippen LogP contribution in [0.1, 0.15) is 31.9 Å². The Hall–Kier alpha value is -1.31. The predicted molar refractivity (Wildman–Crippen MR) is 64.1 cm³/mol. The number of hydrogen-bond donors (Lipinski definition) is 2. The van der Waals surface area contributed by atoms with Crippen molar-refractivity contribution in [2.45, 2.75) is 27.2 Å². The lowest BCUT2D eigenvalue weighted by Gasteiger charge is -2.20. The van der Waals surface area contributed by atoms with E-state index in [-0.39, 0.29) is 5.41 Å². The van der Waals surface area contributed by atoms with E-state index in [0.29, 0.717) is 17.4 Å². The first kappa shape index (κ1) is 12.8. The first-order valence-electron chi connectivity index (χ1n) is 5.22. The smallest absolute Gasteiger partial charge is 0.423 e. The summed E-state index contributed by atoms with van der Waals surface area (Å²) in [6, 6.07) is 6.98. The second kappa shape index (κ2) is 4.69. The molecule has 0 unspecified atom stereocenters. The molecule has 2 N–H and O–H groups in total. The van der Waals surface area contributed by atoms with E-state index in [1.54, 1.807) is 18.2 Å². The molecule has 0 aromatic heterocycles. The van der Waals surface area contributed by atoms with Crippen LogP contribution in [0.15, 0.2) is 18.2 Å². The second-order valence-electron chi connectivity index (χ2n) is 5.14. The lowest BCUT2D eigenvalue weighted by Crippen LogP contribution is -2.34. The largest absolute Gasteiger partial charge is 0.488 e. The Balaban J connectivity index is 3.17. The Bertz CT molecular complexity index is 416. The average Bonchev–Trinajstić information content (AvgIpc) is 2.14. The van der Waals surface area contributed by atoms with Crippen molar-refractivity contribution in [3.63, 3.8) is 0 Å². The lowest BCUT2D eigenvalue weighted by atomic mass is 9.73. The Morgan fingerprint density at radius 2 is 1.94 bits per heavy atom. The second-order valence-corrected chi connectivity index (χ2v) is 5.14. The molecule has 0 bridgehead atoms. The van der Waals surface area contributed by atoms with Crippen LogP contribution in [0, 0.1) is 16.7 Å². The van der Waals surface area contributed by atoms with Crippen LogP contribution in [0.4, 0.5) is 0 Å². The lowest BCUT2D eigenvalue weighted by molar-refractivity contribution is 0.407. The molecule has 3 nitrogen and oxygen atoms in total. The molecule has 0 aliphatic rings. The zero-order valence-corrected chi connectivity index (χ0v) is 9.86. The third-order valence-corrected chi connectivity index (χ3v) is 2.27. The molecule has 0 fully saturated rings. The van der Waals surface area contributed by atoms with Crippen molar-refractivity contribution >= 4 is 12.6 Å². The highest BCUT2D eigenvalue weighted by Gasteiger charge is 2.20. The van der Waals surface area contributed by atoms with E-state index in [2.05, 4.69) is 26.8 Å². The van der Waals surface area contributed by atoms with Crippen molar-refractivity contribution in [2.24, 2.45) is 5.41 Å². The molecule has 84 valence electrons. The normalized spacial score (nSPS) is 11.0. The van der Waals surface area contributed by atoms with Gasteiger partial charge in [0.1, 0.15) is 0 Å². The van der Waals surface area contributed by atoms with Crippen LogP contribution < -0.4 is 5.46 Å². The minimum Gasteiger partial charge on any atom is -0.423 e. The molecule has 0 atom stereocenters. The maximum absolute atomic E-state index is 9.24. The van der Waals surface area contributed by atoms with E-state index >= 15 is 0 Å². The van der Waals surface area contributed by atoms with Crippen molar-refractivity contribution in [1.82, 2.24) is 0 Å². The molecule has 0 saturated carbocycles. The van der Waals surface area contributed by atoms with Gasteiger partial charge in [-0.2, -0.15) is 5.26 Å². The van der Waals surface area contributed by atoms with Gasteiger partial charge in [-0.15, -0.1) is 0 Å². The third kappa shape index (κ3) is 3.37. The van der Waals surface area contributed by atoms with E-state index in [1.807, 2.05) is 0 Å². The van der Waals surface area contributed by atoms with Crippen LogP contribution in [0.3, 0.4) is 0 Å². The molecule has 4 heteroatoms. The van der Waals surface area contributed by atoms with Crippen molar-refractivity contribution in [3.05, 3.63) is 29.3 Å². The average molecular weight is 217 g/mol. The van der Waals surface area contributed by atoms with Gasteiger partial charge < -0.3 is 10.0 Å². The topological polar surface area (TPSA) is 64.2 Å². The molecule has 0 aliphatic heterocycles. The molecular formula is C12H16BNO2. The van der Waals surface area contributed by atoms with Crippen molar-refractivity contribution < 1.29 is 10.0 Å². The fraction of sp³-hybridized carbons (Fsp3) is 0.417. The molecule has 16 heavy (non-hydrogen) atoms. The van der Waals surface area contributed by atoms with Gasteiger partial charge in [0, 0.05) is 0 Å². The minimum absolute atomic E-state index is 0.0394. The highest BCUT2D eigenvalue weighted by molar-refractivity contribution is 6.59. The zero-order valence-electron chi connectivity index (χ0n) is 9.86. The molecule has 1 aromatic carbocycles. The first-order valence-corrected chi connectivity index (χ1v) is 5.22. The maximum atomic E-state index is 9.24. The monoisotopic (exact) mass is 217 g/mol. The van der Waals surface area contributed by atoms with Gasteiger partial charge in [-0.3, -0.25) is 0 Å². The van der Waals surface area contributed by atoms with Gasteiger partial charge in [-0.1, -0.05) is 26.8 Å². The Morgan fingerprint density at radius 3 is 2.38 bits per heavy atom. The van der Waals surface area contributed by atoms with Gasteiger partial charge in [0.05, 0.1) is 11.6 Å². The number of hydrogen-bond acceptors (Lipinski definition) is 3. The molecule has 1 aromatic rings. The summed E-state index contributed by atoms with van der Waals surface area (Å²) in [4.78, 5) is 0. The third-order valence-electron chi connectivity index (χ3n) is 2.27. The van der Waals surface area contributed by atoms with Crippen LogP contribution in [-0.4, -0.2) is 17.2 Å². The van der Waals surface area contributed by atoms with Gasteiger partial charge in [-0.05, 0) is 35.0 Å². The summed E-state index contributed by atoms with van der Waals surface area (Å²) in [5.74, 6) is 0. The van der Waals surface area contributed by atoms with Crippen LogP contribution in [0.25, 0.3) is 0 Å². The van der Waals surface area contributed by atoms with Gasteiger partial charge >= 0.3 is 7.12 Å². The summed E-state index contributed by atoms with van der Waals surface area (Å²) < 4.78 is 0. The summed E-state index contributed by atoms with van der Waals surface area (Å²) in [5.41, 5.74) is 1.89. The van der Waals surface area contributed by atoms with Gasteiger partial charge in [0.25, 0.3) is 0 Å². The standard InChI is InChI=1S/C12H16BNO2/c1-12(2,3)7-10-6-9(8-14)4-5-11(10)13(15)16/h4-6,15-16H,7H2,1-3H3. The van der Waals surface area contributed by atoms with E-state index < -0.39 is 7.12 Å². The fourth-order valence-corrected chi connectivity index (χ4v) is 1.65. The summed E-state index contributed by atoms with van der Waals surface area (Å²) in [7, 11) is -1.48. The zero-order chi connectivity index (χ0) is 12.3. The van der Waals surface area contributed by atoms with E-state index in [0.717, 1.165) is 5.56 Å². The Kier molecular flexibility index (Phi) is 3.74. The summed E-state index contributed by atoms with van der Waals surface area (Å²) in [5, 5.41) is 27.3. The molecule has 0 radical (unpaired) electrons. The highest BCUT2D eigenvalue weighted by Crippen LogP contribution is 2.20. The first-order chi connectivity index (χ1) is 7.33. The van der Waals surface area contributed by atoms with Gasteiger partial charge in [0.15, 0.2) is 0 Å². The van der Waals surface area contributed by atoms with Crippen LogP contribution in [0.2, 0.25) is 0 Å². The van der Waals surface area contributed by atoms with Crippen molar-refractivity contribution in [2.75, 3.05) is 0 Å². The Morgan fingerprint density at radius 1 is 1.31 bits per heavy atom. The molecule has 0 amide bonds. The van der Waals surface area contributed by atoms with E-state index in [4.69, 9.17) is 5.26 Å². The van der Waals surface area contributed by atoms with Gasteiger partial charge in [-0.25, -0.2) is 0 Å². The van der Waals surface area contributed by atoms with E-state index in [1.165, 1.54) is 0 Å². The fourth-order valence-electron chi connectivity index (χ4n) is 1.65. The van der Waals surface area contributed by atoms with Crippen molar-refractivity contribution in [3.8, 4) is 6.07 Å². The minimum atomic E-state index is -1.48. The Labute approximate surface area is 96.5 Å². The molecular weight excluding hydrogens is 201 g/mol.